The summed E-state index contributed by atoms with van der Waals surface area (Å²) in [6, 6.07) is 5.18. The van der Waals surface area contributed by atoms with Gasteiger partial charge in [0, 0.05) is 13.1 Å². The highest BCUT2D eigenvalue weighted by molar-refractivity contribution is 5.74. The molecule has 0 saturated heterocycles. The Balaban J connectivity index is 2.40. The first-order valence-corrected chi connectivity index (χ1v) is 5.45. The zero-order valence-corrected chi connectivity index (χ0v) is 9.94. The van der Waals surface area contributed by atoms with Crippen molar-refractivity contribution in [2.45, 2.75) is 13.0 Å². The Morgan fingerprint density at radius 2 is 2.11 bits per heavy atom. The molecular weight excluding hydrogens is 253 g/mol. The number of amides is 2. The first kappa shape index (κ1) is 14.4. The Bertz CT molecular complexity index is 525. The third kappa shape index (κ3) is 5.04. The number of urea groups is 1. The van der Waals surface area contributed by atoms with E-state index >= 15 is 0 Å². The van der Waals surface area contributed by atoms with E-state index in [1.54, 1.807) is 6.07 Å². The molecule has 0 aliphatic heterocycles. The van der Waals surface area contributed by atoms with Crippen LogP contribution in [0.1, 0.15) is 17.5 Å². The van der Waals surface area contributed by atoms with E-state index in [0.29, 0.717) is 5.56 Å². The monoisotopic (exact) mass is 265 g/mol. The molecule has 0 aliphatic carbocycles. The minimum absolute atomic E-state index is 0.0168. The van der Waals surface area contributed by atoms with Gasteiger partial charge in [-0.1, -0.05) is 6.07 Å². The van der Waals surface area contributed by atoms with Crippen LogP contribution in [0.15, 0.2) is 18.2 Å². The van der Waals surface area contributed by atoms with Crippen molar-refractivity contribution >= 4 is 12.0 Å². The number of rotatable bonds is 5. The average molecular weight is 265 g/mol. The summed E-state index contributed by atoms with van der Waals surface area (Å²) in [5.74, 6) is -1.65. The molecule has 1 aromatic carbocycles. The smallest absolute Gasteiger partial charge is 0.315 e. The number of carboxylic acid groups (broad SMARTS) is 1. The summed E-state index contributed by atoms with van der Waals surface area (Å²) in [6.07, 6.45) is -0.168. The molecule has 2 amide bonds. The van der Waals surface area contributed by atoms with E-state index in [1.807, 2.05) is 0 Å². The summed E-state index contributed by atoms with van der Waals surface area (Å²) in [5.41, 5.74) is 0.444. The fraction of sp³-hybridized carbons (Fsp3) is 0.250. The molecule has 7 heteroatoms. The summed E-state index contributed by atoms with van der Waals surface area (Å²) in [5, 5.41) is 21.7. The summed E-state index contributed by atoms with van der Waals surface area (Å²) in [4.78, 5) is 21.5. The van der Waals surface area contributed by atoms with Crippen molar-refractivity contribution in [1.29, 1.82) is 5.26 Å². The largest absolute Gasteiger partial charge is 0.481 e. The normalized spacial score (nSPS) is 9.47. The molecule has 1 aromatic rings. The quantitative estimate of drug-likeness (QED) is 0.738. The average Bonchev–Trinajstić information content (AvgIpc) is 2.36. The fourth-order valence-electron chi connectivity index (χ4n) is 1.29. The predicted octanol–water partition coefficient (Wildman–Crippen LogP) is 0.971. The number of benzene rings is 1. The molecule has 0 bridgehead atoms. The molecule has 0 aliphatic rings. The van der Waals surface area contributed by atoms with Crippen molar-refractivity contribution in [1.82, 2.24) is 10.6 Å². The van der Waals surface area contributed by atoms with Gasteiger partial charge < -0.3 is 15.7 Å². The van der Waals surface area contributed by atoms with Gasteiger partial charge in [0.2, 0.25) is 0 Å². The van der Waals surface area contributed by atoms with E-state index < -0.39 is 17.8 Å². The number of nitrogens with zero attached hydrogens (tertiary/aromatic N) is 1. The maximum absolute atomic E-state index is 13.3. The van der Waals surface area contributed by atoms with Gasteiger partial charge in [-0.25, -0.2) is 9.18 Å². The van der Waals surface area contributed by atoms with Crippen LogP contribution in [-0.2, 0) is 11.3 Å². The van der Waals surface area contributed by atoms with Crippen LogP contribution in [0.3, 0.4) is 0 Å². The predicted molar refractivity (Wildman–Crippen MR) is 63.6 cm³/mol. The van der Waals surface area contributed by atoms with Gasteiger partial charge in [-0.05, 0) is 17.7 Å². The lowest BCUT2D eigenvalue weighted by Crippen LogP contribution is -2.36. The number of hydrogen-bond acceptors (Lipinski definition) is 3. The maximum Gasteiger partial charge on any atom is 0.315 e. The second kappa shape index (κ2) is 6.96. The fourth-order valence-corrected chi connectivity index (χ4v) is 1.29. The summed E-state index contributed by atoms with van der Waals surface area (Å²) in [7, 11) is 0. The maximum atomic E-state index is 13.3. The second-order valence-electron chi connectivity index (χ2n) is 3.68. The zero-order chi connectivity index (χ0) is 14.3. The molecule has 0 atom stereocenters. The molecule has 19 heavy (non-hydrogen) atoms. The minimum Gasteiger partial charge on any atom is -0.481 e. The van der Waals surface area contributed by atoms with Crippen LogP contribution >= 0.6 is 0 Å². The Morgan fingerprint density at radius 3 is 2.68 bits per heavy atom. The number of carboxylic acids is 1. The minimum atomic E-state index is -1.01. The molecule has 100 valence electrons. The third-order valence-electron chi connectivity index (χ3n) is 2.23. The molecule has 6 nitrogen and oxygen atoms in total. The van der Waals surface area contributed by atoms with Gasteiger partial charge in [0.25, 0.3) is 0 Å². The highest BCUT2D eigenvalue weighted by Crippen LogP contribution is 2.09. The van der Waals surface area contributed by atoms with E-state index in [0.717, 1.165) is 6.07 Å². The number of carbonyl (C=O) groups is 2. The Labute approximate surface area is 108 Å². The topological polar surface area (TPSA) is 102 Å². The SMILES string of the molecule is N#Cc1ccc(CNC(=O)NCCC(=O)O)cc1F. The molecule has 0 saturated carbocycles. The number of aliphatic carboxylic acids is 1. The molecule has 0 fully saturated rings. The first-order chi connectivity index (χ1) is 9.02. The van der Waals surface area contributed by atoms with Crippen molar-refractivity contribution in [2.75, 3.05) is 6.54 Å². The van der Waals surface area contributed by atoms with Crippen LogP contribution in [0.25, 0.3) is 0 Å². The van der Waals surface area contributed by atoms with Crippen LogP contribution < -0.4 is 10.6 Å². The molecule has 0 radical (unpaired) electrons. The molecular formula is C12H12FN3O3. The van der Waals surface area contributed by atoms with Gasteiger partial charge in [-0.15, -0.1) is 0 Å². The lowest BCUT2D eigenvalue weighted by atomic mass is 10.1. The number of hydrogen-bond donors (Lipinski definition) is 3. The molecule has 3 N–H and O–H groups in total. The lowest BCUT2D eigenvalue weighted by molar-refractivity contribution is -0.136. The van der Waals surface area contributed by atoms with Gasteiger partial charge in [-0.2, -0.15) is 5.26 Å². The van der Waals surface area contributed by atoms with Gasteiger partial charge in [0.15, 0.2) is 0 Å². The van der Waals surface area contributed by atoms with Crippen LogP contribution in [0, 0.1) is 17.1 Å². The third-order valence-corrected chi connectivity index (χ3v) is 2.23. The standard InChI is InChI=1S/C12H12FN3O3/c13-10-5-8(1-2-9(10)6-14)7-16-12(19)15-4-3-11(17)18/h1-2,5H,3-4,7H2,(H,17,18)(H2,15,16,19). The summed E-state index contributed by atoms with van der Waals surface area (Å²) in [6.45, 7) is 0.102. The number of nitriles is 1. The van der Waals surface area contributed by atoms with Crippen molar-refractivity contribution in [2.24, 2.45) is 0 Å². The Kier molecular flexibility index (Phi) is 5.29. The van der Waals surface area contributed by atoms with E-state index in [2.05, 4.69) is 10.6 Å². The van der Waals surface area contributed by atoms with Crippen molar-refractivity contribution in [3.63, 3.8) is 0 Å². The van der Waals surface area contributed by atoms with Crippen molar-refractivity contribution < 1.29 is 19.1 Å². The second-order valence-corrected chi connectivity index (χ2v) is 3.68. The van der Waals surface area contributed by atoms with Gasteiger partial charge in [-0.3, -0.25) is 4.79 Å². The number of nitrogens with one attached hydrogen (secondary N) is 2. The summed E-state index contributed by atoms with van der Waals surface area (Å²) >= 11 is 0. The highest BCUT2D eigenvalue weighted by Gasteiger charge is 2.05. The molecule has 0 aromatic heterocycles. The van der Waals surface area contributed by atoms with Crippen LogP contribution in [-0.4, -0.2) is 23.7 Å². The molecule has 1 rings (SSSR count). The Morgan fingerprint density at radius 1 is 1.37 bits per heavy atom. The van der Waals surface area contributed by atoms with E-state index in [9.17, 15) is 14.0 Å². The lowest BCUT2D eigenvalue weighted by Gasteiger charge is -2.07. The van der Waals surface area contributed by atoms with E-state index in [4.69, 9.17) is 10.4 Å². The van der Waals surface area contributed by atoms with Crippen LogP contribution in [0.2, 0.25) is 0 Å². The van der Waals surface area contributed by atoms with E-state index in [-0.39, 0.29) is 25.1 Å². The zero-order valence-electron chi connectivity index (χ0n) is 9.94. The van der Waals surface area contributed by atoms with Crippen molar-refractivity contribution in [3.8, 4) is 6.07 Å². The van der Waals surface area contributed by atoms with Crippen LogP contribution in [0.4, 0.5) is 9.18 Å². The number of halogens is 1. The highest BCUT2D eigenvalue weighted by atomic mass is 19.1. The number of carbonyl (C=O) groups excluding carboxylic acids is 1. The van der Waals surface area contributed by atoms with Gasteiger partial charge >= 0.3 is 12.0 Å². The molecule has 0 unspecified atom stereocenters. The molecule has 0 spiro atoms. The molecule has 0 heterocycles. The van der Waals surface area contributed by atoms with Crippen molar-refractivity contribution in [3.05, 3.63) is 35.1 Å². The Hall–Kier alpha value is -2.62. The van der Waals surface area contributed by atoms with Gasteiger partial charge in [0.05, 0.1) is 12.0 Å². The van der Waals surface area contributed by atoms with E-state index in [1.165, 1.54) is 12.1 Å². The first-order valence-electron chi connectivity index (χ1n) is 5.45. The van der Waals surface area contributed by atoms with Gasteiger partial charge in [0.1, 0.15) is 11.9 Å². The summed E-state index contributed by atoms with van der Waals surface area (Å²) < 4.78 is 13.3. The van der Waals surface area contributed by atoms with Crippen LogP contribution in [0.5, 0.6) is 0 Å².